The molecule has 6 heterocycles. The van der Waals surface area contributed by atoms with Crippen molar-refractivity contribution in [2.75, 3.05) is 42.5 Å². The Bertz CT molecular complexity index is 3190. The van der Waals surface area contributed by atoms with Crippen LogP contribution in [-0.4, -0.2) is 72.9 Å². The van der Waals surface area contributed by atoms with Crippen LogP contribution in [0.5, 0.6) is 5.88 Å². The van der Waals surface area contributed by atoms with E-state index >= 15 is 0 Å². The molecule has 0 aliphatic rings. The van der Waals surface area contributed by atoms with Gasteiger partial charge in [-0.1, -0.05) is 23.7 Å². The zero-order chi connectivity index (χ0) is 48.2. The fourth-order valence-corrected chi connectivity index (χ4v) is 6.74. The molecule has 0 radical (unpaired) electrons. The van der Waals surface area contributed by atoms with Crippen LogP contribution in [0, 0.1) is 13.8 Å². The van der Waals surface area contributed by atoms with Gasteiger partial charge in [-0.15, -0.1) is 0 Å². The number of nitrogens with zero attached hydrogens (tertiary/aromatic N) is 8. The van der Waals surface area contributed by atoms with E-state index in [0.29, 0.717) is 85.6 Å². The molecule has 0 atom stereocenters. The molecular weight excluding hydrogens is 906 g/mol. The smallest absolute Gasteiger partial charge is 0.433 e. The molecule has 67 heavy (non-hydrogen) atoms. The molecule has 4 N–H and O–H groups in total. The Kier molecular flexibility index (Phi) is 13.4. The third-order valence-electron chi connectivity index (χ3n) is 9.89. The van der Waals surface area contributed by atoms with E-state index in [1.165, 1.54) is 19.2 Å². The Morgan fingerprint density at radius 2 is 1.01 bits per heavy atom. The van der Waals surface area contributed by atoms with Crippen molar-refractivity contribution < 1.29 is 40.7 Å². The van der Waals surface area contributed by atoms with Gasteiger partial charge in [-0.2, -0.15) is 41.3 Å². The monoisotopic (exact) mass is 940 g/mol. The maximum atomic E-state index is 12.9. The summed E-state index contributed by atoms with van der Waals surface area (Å²) in [6.07, 6.45) is -4.16. The number of methoxy groups -OCH3 is 1. The molecule has 15 nitrogen and oxygen atoms in total. The number of hydrogen-bond acceptors (Lipinski definition) is 13. The van der Waals surface area contributed by atoms with Gasteiger partial charge in [0.2, 0.25) is 17.8 Å². The number of hydrogen-bond donors (Lipinski definition) is 4. The van der Waals surface area contributed by atoms with Crippen molar-refractivity contribution in [2.45, 2.75) is 26.2 Å². The summed E-state index contributed by atoms with van der Waals surface area (Å²) in [6.45, 7) is 3.74. The van der Waals surface area contributed by atoms with Crippen LogP contribution in [0.2, 0.25) is 5.15 Å². The number of halogens is 7. The third kappa shape index (κ3) is 10.7. The van der Waals surface area contributed by atoms with E-state index in [1.54, 1.807) is 69.0 Å². The highest BCUT2D eigenvalue weighted by Gasteiger charge is 2.34. The molecule has 8 rings (SSSR count). The number of benzene rings is 2. The number of carbonyl (C=O) groups is 2. The number of aromatic nitrogens is 8. The summed E-state index contributed by atoms with van der Waals surface area (Å²) in [4.78, 5) is 57.5. The molecule has 0 bridgehead atoms. The van der Waals surface area contributed by atoms with E-state index < -0.39 is 35.6 Å². The molecule has 0 fully saturated rings. The Hall–Kier alpha value is -8.07. The van der Waals surface area contributed by atoms with E-state index in [0.717, 1.165) is 23.5 Å². The lowest BCUT2D eigenvalue weighted by atomic mass is 10.00. The van der Waals surface area contributed by atoms with Crippen LogP contribution >= 0.6 is 11.6 Å². The second-order valence-electron chi connectivity index (χ2n) is 14.4. The van der Waals surface area contributed by atoms with Gasteiger partial charge in [-0.3, -0.25) is 19.6 Å². The minimum absolute atomic E-state index is 0.160. The first-order valence-corrected chi connectivity index (χ1v) is 20.0. The molecule has 8 aromatic rings. The minimum Gasteiger partial charge on any atom is -0.480 e. The highest BCUT2D eigenvalue weighted by molar-refractivity contribution is 6.32. The predicted molar refractivity (Wildman–Crippen MR) is 240 cm³/mol. The predicted octanol–water partition coefficient (Wildman–Crippen LogP) is 10.1. The van der Waals surface area contributed by atoms with Crippen molar-refractivity contribution >= 4 is 68.8 Å². The molecule has 342 valence electrons. The average Bonchev–Trinajstić information content (AvgIpc) is 3.31. The van der Waals surface area contributed by atoms with Gasteiger partial charge < -0.3 is 26.0 Å². The number of carbonyl (C=O) groups excluding carboxylic acids is 2. The number of fused-ring (bicyclic) bond motifs is 2. The third-order valence-corrected chi connectivity index (χ3v) is 10.2. The first-order valence-electron chi connectivity index (χ1n) is 19.7. The van der Waals surface area contributed by atoms with Crippen molar-refractivity contribution in [1.82, 2.24) is 39.9 Å². The van der Waals surface area contributed by atoms with Gasteiger partial charge in [-0.05, 0) is 96.8 Å². The highest BCUT2D eigenvalue weighted by atomic mass is 35.5. The van der Waals surface area contributed by atoms with E-state index in [4.69, 9.17) is 16.3 Å². The first kappa shape index (κ1) is 46.9. The van der Waals surface area contributed by atoms with Crippen LogP contribution in [0.25, 0.3) is 44.3 Å². The summed E-state index contributed by atoms with van der Waals surface area (Å²) in [7, 11) is 4.88. The van der Waals surface area contributed by atoms with E-state index in [2.05, 4.69) is 61.1 Å². The quantitative estimate of drug-likeness (QED) is 0.0790. The summed E-state index contributed by atoms with van der Waals surface area (Å²) >= 11 is 6.43. The lowest BCUT2D eigenvalue weighted by Crippen LogP contribution is -2.15. The van der Waals surface area contributed by atoms with Gasteiger partial charge in [0.15, 0.2) is 11.3 Å². The Balaban J connectivity index is 0.000000199. The summed E-state index contributed by atoms with van der Waals surface area (Å²) in [6, 6.07) is 17.7. The molecule has 0 unspecified atom stereocenters. The molecule has 0 spiro atoms. The van der Waals surface area contributed by atoms with Crippen LogP contribution in [0.15, 0.2) is 97.6 Å². The number of alkyl halides is 6. The standard InChI is InChI=1S/C23H19F3N6O2.C22H16ClF3N6O/c1-12-4-5-15(30-20(33)13-6-7-28-18(9-13)23(24,25)26)10-16(12)17-8-14-11-29-22(27-2)32-19(14)31-21(17)34-3;1-11-3-4-14(30-20(33)12-5-6-28-17(8-12)22(24,25)26)9-15(11)16-7-13-10-29-21(27-2)32-19(13)31-18(16)23/h4-11H,1-3H3,(H,30,33)(H,27,29,31,32);3-10H,1-2H3,(H,30,33)(H,27,29,31,32). The fraction of sp³-hybridized carbons (Fsp3) is 0.156. The highest BCUT2D eigenvalue weighted by Crippen LogP contribution is 2.37. The van der Waals surface area contributed by atoms with Gasteiger partial charge in [0, 0.05) is 83.3 Å². The second kappa shape index (κ2) is 19.2. The van der Waals surface area contributed by atoms with Crippen molar-refractivity contribution in [2.24, 2.45) is 0 Å². The minimum atomic E-state index is -4.65. The number of ether oxygens (including phenoxy) is 1. The number of aryl methyl sites for hydroxylation is 2. The van der Waals surface area contributed by atoms with Crippen molar-refractivity contribution in [1.29, 1.82) is 0 Å². The van der Waals surface area contributed by atoms with Gasteiger partial charge >= 0.3 is 12.4 Å². The van der Waals surface area contributed by atoms with Crippen LogP contribution < -0.4 is 26.0 Å². The maximum absolute atomic E-state index is 12.9. The Morgan fingerprint density at radius 1 is 0.567 bits per heavy atom. The molecule has 0 saturated heterocycles. The summed E-state index contributed by atoms with van der Waals surface area (Å²) in [5, 5.41) is 12.5. The van der Waals surface area contributed by atoms with Crippen molar-refractivity contribution in [3.8, 4) is 28.1 Å². The molecule has 2 aromatic carbocycles. The topological polar surface area (TPSA) is 195 Å². The SMILES string of the molecule is CNc1ncc2cc(-c3cc(NC(=O)c4ccnc(C(F)(F)F)c4)ccc3C)c(Cl)nc2n1.CNc1ncc2cc(-c3cc(NC(=O)c4ccnc(C(F)(F)F)c4)ccc3C)c(OC)nc2n1. The van der Waals surface area contributed by atoms with Gasteiger partial charge in [0.1, 0.15) is 16.5 Å². The van der Waals surface area contributed by atoms with Crippen LogP contribution in [0.3, 0.4) is 0 Å². The number of rotatable bonds is 9. The van der Waals surface area contributed by atoms with E-state index in [1.807, 2.05) is 19.9 Å². The Labute approximate surface area is 381 Å². The van der Waals surface area contributed by atoms with Crippen LogP contribution in [0.4, 0.5) is 49.6 Å². The van der Waals surface area contributed by atoms with Crippen LogP contribution in [-0.2, 0) is 12.4 Å². The largest absolute Gasteiger partial charge is 0.480 e. The molecule has 22 heteroatoms. The number of anilines is 4. The number of amides is 2. The Morgan fingerprint density at radius 3 is 1.46 bits per heavy atom. The van der Waals surface area contributed by atoms with E-state index in [9.17, 15) is 35.9 Å². The van der Waals surface area contributed by atoms with Gasteiger partial charge in [0.05, 0.1) is 7.11 Å². The summed E-state index contributed by atoms with van der Waals surface area (Å²) in [5.41, 5.74) is 3.40. The van der Waals surface area contributed by atoms with Gasteiger partial charge in [-0.25, -0.2) is 15.0 Å². The van der Waals surface area contributed by atoms with Gasteiger partial charge in [0.25, 0.3) is 11.8 Å². The number of nitrogens with one attached hydrogen (secondary N) is 4. The summed E-state index contributed by atoms with van der Waals surface area (Å²) < 4.78 is 83.0. The fourth-order valence-electron chi connectivity index (χ4n) is 6.51. The zero-order valence-electron chi connectivity index (χ0n) is 35.7. The molecular formula is C45H35ClF6N12O3. The average molecular weight is 941 g/mol. The second-order valence-corrected chi connectivity index (χ2v) is 14.8. The summed E-state index contributed by atoms with van der Waals surface area (Å²) in [5.74, 6) is -0.249. The van der Waals surface area contributed by atoms with Crippen LogP contribution in [0.1, 0.15) is 43.2 Å². The normalized spacial score (nSPS) is 11.4. The first-order chi connectivity index (χ1) is 31.8. The molecule has 6 aromatic heterocycles. The lowest BCUT2D eigenvalue weighted by Gasteiger charge is -2.14. The molecule has 0 aliphatic carbocycles. The maximum Gasteiger partial charge on any atom is 0.433 e. The molecule has 0 aliphatic heterocycles. The zero-order valence-corrected chi connectivity index (χ0v) is 36.4. The lowest BCUT2D eigenvalue weighted by molar-refractivity contribution is -0.142. The van der Waals surface area contributed by atoms with E-state index in [-0.39, 0.29) is 16.3 Å². The number of pyridine rings is 4. The van der Waals surface area contributed by atoms with Crippen molar-refractivity contribution in [3.63, 3.8) is 0 Å². The molecule has 0 saturated carbocycles. The molecule has 2 amide bonds. The van der Waals surface area contributed by atoms with Crippen molar-refractivity contribution in [3.05, 3.63) is 136 Å².